The number of hydrogen-bond acceptors (Lipinski definition) is 5. The van der Waals surface area contributed by atoms with Gasteiger partial charge in [0.2, 0.25) is 0 Å². The lowest BCUT2D eigenvalue weighted by molar-refractivity contribution is 0.0313. The molecule has 2 aliphatic heterocycles. The third-order valence-corrected chi connectivity index (χ3v) is 4.83. The van der Waals surface area contributed by atoms with Gasteiger partial charge < -0.3 is 19.4 Å². The summed E-state index contributed by atoms with van der Waals surface area (Å²) in [5.41, 5.74) is 0.619. The Morgan fingerprint density at radius 3 is 2.91 bits per heavy atom. The van der Waals surface area contributed by atoms with Gasteiger partial charge >= 0.3 is 0 Å². The van der Waals surface area contributed by atoms with Crippen molar-refractivity contribution >= 4 is 5.91 Å². The minimum absolute atomic E-state index is 0.0392. The fraction of sp³-hybridized carbons (Fsp3) is 0.706. The predicted octanol–water partition coefficient (Wildman–Crippen LogP) is 1.33. The monoisotopic (exact) mass is 321 g/mol. The second kappa shape index (κ2) is 7.95. The molecule has 1 aromatic rings. The van der Waals surface area contributed by atoms with Crippen LogP contribution in [0.2, 0.25) is 0 Å². The SMILES string of the molecule is CN1CCC[C@H]1CCNC(=O)c1coc(CN2CCOCC2)c1. The highest BCUT2D eigenvalue weighted by Crippen LogP contribution is 2.17. The number of morpholine rings is 1. The first-order valence-electron chi connectivity index (χ1n) is 8.58. The van der Waals surface area contributed by atoms with Crippen molar-refractivity contribution in [2.75, 3.05) is 46.4 Å². The van der Waals surface area contributed by atoms with Crippen molar-refractivity contribution in [3.05, 3.63) is 23.7 Å². The molecule has 1 atom stereocenters. The summed E-state index contributed by atoms with van der Waals surface area (Å²) in [6, 6.07) is 2.46. The van der Waals surface area contributed by atoms with Crippen molar-refractivity contribution in [2.24, 2.45) is 0 Å². The zero-order valence-electron chi connectivity index (χ0n) is 13.9. The van der Waals surface area contributed by atoms with Crippen molar-refractivity contribution in [1.29, 1.82) is 0 Å². The zero-order valence-corrected chi connectivity index (χ0v) is 13.9. The molecule has 3 heterocycles. The number of nitrogens with zero attached hydrogens (tertiary/aromatic N) is 2. The maximum Gasteiger partial charge on any atom is 0.254 e. The van der Waals surface area contributed by atoms with Crippen molar-refractivity contribution in [3.63, 3.8) is 0 Å². The summed E-state index contributed by atoms with van der Waals surface area (Å²) >= 11 is 0. The largest absolute Gasteiger partial charge is 0.467 e. The average Bonchev–Trinajstić information content (AvgIpc) is 3.18. The molecular formula is C17H27N3O3. The van der Waals surface area contributed by atoms with Crippen molar-refractivity contribution in [2.45, 2.75) is 31.8 Å². The van der Waals surface area contributed by atoms with E-state index in [0.717, 1.165) is 51.6 Å². The third-order valence-electron chi connectivity index (χ3n) is 4.83. The summed E-state index contributed by atoms with van der Waals surface area (Å²) < 4.78 is 10.9. The predicted molar refractivity (Wildman–Crippen MR) is 87.4 cm³/mol. The molecule has 6 heteroatoms. The lowest BCUT2D eigenvalue weighted by Crippen LogP contribution is -2.35. The molecule has 3 rings (SSSR count). The normalized spacial score (nSPS) is 23.3. The molecule has 6 nitrogen and oxygen atoms in total. The van der Waals surface area contributed by atoms with Crippen molar-refractivity contribution in [1.82, 2.24) is 15.1 Å². The molecule has 0 saturated carbocycles. The zero-order chi connectivity index (χ0) is 16.1. The maximum atomic E-state index is 12.2. The molecule has 23 heavy (non-hydrogen) atoms. The second-order valence-electron chi connectivity index (χ2n) is 6.51. The van der Waals surface area contributed by atoms with E-state index in [1.165, 1.54) is 19.4 Å². The maximum absolute atomic E-state index is 12.2. The topological polar surface area (TPSA) is 58.0 Å². The quantitative estimate of drug-likeness (QED) is 0.856. The Morgan fingerprint density at radius 1 is 1.35 bits per heavy atom. The van der Waals surface area contributed by atoms with Crippen LogP contribution in [0.4, 0.5) is 0 Å². The standard InChI is InChI=1S/C17H27N3O3/c1-19-6-2-3-15(19)4-5-18-17(21)14-11-16(23-13-14)12-20-7-9-22-10-8-20/h11,13,15H,2-10,12H2,1H3,(H,18,21)/t15-/m0/s1. The highest BCUT2D eigenvalue weighted by atomic mass is 16.5. The average molecular weight is 321 g/mol. The van der Waals surface area contributed by atoms with Gasteiger partial charge in [-0.25, -0.2) is 0 Å². The molecule has 2 fully saturated rings. The molecule has 0 unspecified atom stereocenters. The van der Waals surface area contributed by atoms with Crippen LogP contribution >= 0.6 is 0 Å². The Balaban J connectivity index is 1.42. The lowest BCUT2D eigenvalue weighted by atomic mass is 10.1. The fourth-order valence-corrected chi connectivity index (χ4v) is 3.36. The Morgan fingerprint density at radius 2 is 2.17 bits per heavy atom. The number of hydrogen-bond donors (Lipinski definition) is 1. The number of ether oxygens (including phenoxy) is 1. The summed E-state index contributed by atoms with van der Waals surface area (Å²) in [6.45, 7) is 5.99. The Kier molecular flexibility index (Phi) is 5.70. The summed E-state index contributed by atoms with van der Waals surface area (Å²) in [4.78, 5) is 16.8. The number of nitrogens with one attached hydrogen (secondary N) is 1. The van der Waals surface area contributed by atoms with Crippen LogP contribution in [0.3, 0.4) is 0 Å². The lowest BCUT2D eigenvalue weighted by Gasteiger charge is -2.25. The van der Waals surface area contributed by atoms with Gasteiger partial charge in [-0.05, 0) is 38.9 Å². The number of carbonyl (C=O) groups excluding carboxylic acids is 1. The molecule has 0 bridgehead atoms. The number of likely N-dealkylation sites (tertiary alicyclic amines) is 1. The Hall–Kier alpha value is -1.37. The van der Waals surface area contributed by atoms with E-state index in [-0.39, 0.29) is 5.91 Å². The summed E-state index contributed by atoms with van der Waals surface area (Å²) in [7, 11) is 2.16. The molecule has 1 N–H and O–H groups in total. The highest BCUT2D eigenvalue weighted by Gasteiger charge is 2.20. The number of carbonyl (C=O) groups is 1. The highest BCUT2D eigenvalue weighted by molar-refractivity contribution is 5.93. The molecule has 0 aliphatic carbocycles. The van der Waals surface area contributed by atoms with Gasteiger partial charge in [0.05, 0.1) is 25.3 Å². The van der Waals surface area contributed by atoms with E-state index < -0.39 is 0 Å². The van der Waals surface area contributed by atoms with Gasteiger partial charge in [0.1, 0.15) is 12.0 Å². The molecule has 1 aromatic heterocycles. The van der Waals surface area contributed by atoms with Gasteiger partial charge in [0.15, 0.2) is 0 Å². The molecule has 2 saturated heterocycles. The van der Waals surface area contributed by atoms with E-state index in [1.54, 1.807) is 6.26 Å². The van der Waals surface area contributed by atoms with E-state index in [9.17, 15) is 4.79 Å². The van der Waals surface area contributed by atoms with Crippen LogP contribution in [-0.2, 0) is 11.3 Å². The molecule has 128 valence electrons. The van der Waals surface area contributed by atoms with E-state index >= 15 is 0 Å². The number of amides is 1. The van der Waals surface area contributed by atoms with E-state index in [1.807, 2.05) is 6.07 Å². The number of rotatable bonds is 6. The van der Waals surface area contributed by atoms with Crippen LogP contribution in [0.15, 0.2) is 16.7 Å². The number of furan rings is 1. The molecule has 0 spiro atoms. The molecule has 1 amide bonds. The van der Waals surface area contributed by atoms with Crippen molar-refractivity contribution in [3.8, 4) is 0 Å². The van der Waals surface area contributed by atoms with Gasteiger partial charge in [-0.15, -0.1) is 0 Å². The Bertz CT molecular complexity index is 511. The molecule has 2 aliphatic rings. The summed E-state index contributed by atoms with van der Waals surface area (Å²) in [6.07, 6.45) is 5.08. The van der Waals surface area contributed by atoms with Crippen LogP contribution in [0.5, 0.6) is 0 Å². The van der Waals surface area contributed by atoms with Crippen LogP contribution in [0.1, 0.15) is 35.4 Å². The third kappa shape index (κ3) is 4.56. The summed E-state index contributed by atoms with van der Waals surface area (Å²) in [5.74, 6) is 0.801. The fourth-order valence-electron chi connectivity index (χ4n) is 3.36. The van der Waals surface area contributed by atoms with Gasteiger partial charge in [-0.2, -0.15) is 0 Å². The van der Waals surface area contributed by atoms with Crippen molar-refractivity contribution < 1.29 is 13.9 Å². The van der Waals surface area contributed by atoms with Gasteiger partial charge in [-0.3, -0.25) is 9.69 Å². The minimum atomic E-state index is -0.0392. The molecule has 0 aromatic carbocycles. The van der Waals surface area contributed by atoms with E-state index in [2.05, 4.69) is 22.2 Å². The van der Waals surface area contributed by atoms with Crippen LogP contribution in [-0.4, -0.2) is 68.2 Å². The summed E-state index contributed by atoms with van der Waals surface area (Å²) in [5, 5.41) is 3.00. The second-order valence-corrected chi connectivity index (χ2v) is 6.51. The van der Waals surface area contributed by atoms with E-state index in [4.69, 9.17) is 9.15 Å². The smallest absolute Gasteiger partial charge is 0.254 e. The molecule has 0 radical (unpaired) electrons. The first-order valence-corrected chi connectivity index (χ1v) is 8.58. The van der Waals surface area contributed by atoms with Crippen LogP contribution in [0, 0.1) is 0 Å². The minimum Gasteiger partial charge on any atom is -0.467 e. The van der Waals surface area contributed by atoms with E-state index in [0.29, 0.717) is 11.6 Å². The van der Waals surface area contributed by atoms with Crippen LogP contribution < -0.4 is 5.32 Å². The van der Waals surface area contributed by atoms with Gasteiger partial charge in [0, 0.05) is 25.7 Å². The molecular weight excluding hydrogens is 294 g/mol. The first kappa shape index (κ1) is 16.5. The Labute approximate surface area is 137 Å². The first-order chi connectivity index (χ1) is 11.2. The van der Waals surface area contributed by atoms with Crippen LogP contribution in [0.25, 0.3) is 0 Å². The van der Waals surface area contributed by atoms with Gasteiger partial charge in [-0.1, -0.05) is 0 Å². The van der Waals surface area contributed by atoms with Gasteiger partial charge in [0.25, 0.3) is 5.91 Å².